The topological polar surface area (TPSA) is 74.2 Å². The van der Waals surface area contributed by atoms with E-state index in [0.717, 1.165) is 22.4 Å². The van der Waals surface area contributed by atoms with Crippen LogP contribution in [0.2, 0.25) is 0 Å². The molecule has 0 aliphatic carbocycles. The summed E-state index contributed by atoms with van der Waals surface area (Å²) in [5, 5.41) is 16.0. The van der Waals surface area contributed by atoms with Gasteiger partial charge in [0, 0.05) is 16.3 Å². The molecule has 0 spiro atoms. The Labute approximate surface area is 133 Å². The van der Waals surface area contributed by atoms with Gasteiger partial charge in [0.05, 0.1) is 6.61 Å². The molecule has 22 heavy (non-hydrogen) atoms. The normalized spacial score (nSPS) is 9.64. The first-order valence-corrected chi connectivity index (χ1v) is 7.50. The number of carbonyl (C=O) groups excluding carboxylic acids is 1. The molecule has 0 fully saturated rings. The molecule has 2 N–H and O–H groups in total. The molecule has 112 valence electrons. The number of nitriles is 1. The highest BCUT2D eigenvalue weighted by atomic mass is 32.2. The van der Waals surface area contributed by atoms with E-state index in [-0.39, 0.29) is 6.03 Å². The molecule has 2 aromatic rings. The van der Waals surface area contributed by atoms with Crippen LogP contribution < -0.4 is 15.4 Å². The van der Waals surface area contributed by atoms with E-state index in [0.29, 0.717) is 18.0 Å². The fourth-order valence-corrected chi connectivity index (χ4v) is 2.13. The van der Waals surface area contributed by atoms with Crippen LogP contribution in [-0.2, 0) is 0 Å². The van der Waals surface area contributed by atoms with Gasteiger partial charge in [-0.1, -0.05) is 0 Å². The number of amides is 2. The number of benzene rings is 2. The van der Waals surface area contributed by atoms with Crippen LogP contribution in [0.5, 0.6) is 5.75 Å². The lowest BCUT2D eigenvalue weighted by Crippen LogP contribution is -2.19. The number of urea groups is 1. The summed E-state index contributed by atoms with van der Waals surface area (Å²) in [5.41, 5.74) is 1.34. The number of anilines is 2. The monoisotopic (exact) mass is 313 g/mol. The summed E-state index contributed by atoms with van der Waals surface area (Å²) >= 11 is 1.08. The molecule has 0 bridgehead atoms. The highest BCUT2D eigenvalue weighted by Gasteiger charge is 2.03. The van der Waals surface area contributed by atoms with Gasteiger partial charge >= 0.3 is 6.03 Å². The summed E-state index contributed by atoms with van der Waals surface area (Å²) in [4.78, 5) is 12.7. The Balaban J connectivity index is 1.90. The largest absolute Gasteiger partial charge is 0.494 e. The number of nitrogens with zero attached hydrogens (tertiary/aromatic N) is 1. The second-order valence-electron chi connectivity index (χ2n) is 4.25. The number of nitrogens with one attached hydrogen (secondary N) is 2. The summed E-state index contributed by atoms with van der Waals surface area (Å²) in [6, 6.07) is 13.9. The molecule has 0 saturated heterocycles. The molecule has 6 heteroatoms. The molecule has 0 unspecified atom stereocenters. The molecular formula is C16H15N3O2S. The highest BCUT2D eigenvalue weighted by molar-refractivity contribution is 8.03. The van der Waals surface area contributed by atoms with E-state index in [1.165, 1.54) is 0 Å². The average molecular weight is 313 g/mol. The van der Waals surface area contributed by atoms with Crippen LogP contribution in [0.25, 0.3) is 0 Å². The van der Waals surface area contributed by atoms with E-state index < -0.39 is 0 Å². The lowest BCUT2D eigenvalue weighted by atomic mass is 10.3. The Morgan fingerprint density at radius 2 is 1.64 bits per heavy atom. The van der Waals surface area contributed by atoms with Crippen molar-refractivity contribution in [2.24, 2.45) is 0 Å². The number of thioether (sulfide) groups is 1. The summed E-state index contributed by atoms with van der Waals surface area (Å²) in [6.45, 7) is 2.52. The van der Waals surface area contributed by atoms with Crippen molar-refractivity contribution in [1.82, 2.24) is 0 Å². The number of rotatable bonds is 5. The van der Waals surface area contributed by atoms with Crippen LogP contribution in [0.15, 0.2) is 53.4 Å². The van der Waals surface area contributed by atoms with Crippen LogP contribution >= 0.6 is 11.8 Å². The number of hydrogen-bond acceptors (Lipinski definition) is 4. The molecule has 0 saturated carbocycles. The predicted molar refractivity (Wildman–Crippen MR) is 88.2 cm³/mol. The molecule has 0 aliphatic heterocycles. The minimum atomic E-state index is -0.329. The van der Waals surface area contributed by atoms with Gasteiger partial charge in [-0.15, -0.1) is 0 Å². The van der Waals surface area contributed by atoms with Crippen molar-refractivity contribution in [3.63, 3.8) is 0 Å². The van der Waals surface area contributed by atoms with Crippen molar-refractivity contribution < 1.29 is 9.53 Å². The van der Waals surface area contributed by atoms with Gasteiger partial charge in [-0.25, -0.2) is 4.79 Å². The zero-order valence-electron chi connectivity index (χ0n) is 12.0. The second kappa shape index (κ2) is 7.96. The van der Waals surface area contributed by atoms with E-state index in [2.05, 4.69) is 10.6 Å². The average Bonchev–Trinajstić information content (AvgIpc) is 2.52. The lowest BCUT2D eigenvalue weighted by molar-refractivity contribution is 0.262. The van der Waals surface area contributed by atoms with Crippen molar-refractivity contribution in [1.29, 1.82) is 5.26 Å². The molecule has 5 nitrogen and oxygen atoms in total. The van der Waals surface area contributed by atoms with Crippen LogP contribution in [0.1, 0.15) is 6.92 Å². The van der Waals surface area contributed by atoms with E-state index in [4.69, 9.17) is 10.00 Å². The molecular weight excluding hydrogens is 298 g/mol. The molecule has 2 amide bonds. The first-order valence-electron chi connectivity index (χ1n) is 6.68. The van der Waals surface area contributed by atoms with Gasteiger partial charge in [-0.05, 0) is 67.2 Å². The number of ether oxygens (including phenoxy) is 1. The quantitative estimate of drug-likeness (QED) is 0.637. The third-order valence-corrected chi connectivity index (χ3v) is 3.30. The summed E-state index contributed by atoms with van der Waals surface area (Å²) in [7, 11) is 0. The minimum Gasteiger partial charge on any atom is -0.494 e. The van der Waals surface area contributed by atoms with Crippen LogP contribution in [0.4, 0.5) is 16.2 Å². The summed E-state index contributed by atoms with van der Waals surface area (Å²) in [6.07, 6.45) is 0. The van der Waals surface area contributed by atoms with Gasteiger partial charge < -0.3 is 15.4 Å². The molecule has 0 atom stereocenters. The molecule has 2 aromatic carbocycles. The third kappa shape index (κ3) is 4.72. The Morgan fingerprint density at radius 1 is 1.09 bits per heavy atom. The third-order valence-electron chi connectivity index (χ3n) is 2.70. The van der Waals surface area contributed by atoms with E-state index in [1.807, 2.05) is 12.3 Å². The first-order chi connectivity index (χ1) is 10.7. The molecule has 0 radical (unpaired) electrons. The van der Waals surface area contributed by atoms with Crippen LogP contribution in [0, 0.1) is 10.7 Å². The van der Waals surface area contributed by atoms with Crippen molar-refractivity contribution in [3.8, 4) is 11.2 Å². The smallest absolute Gasteiger partial charge is 0.323 e. The van der Waals surface area contributed by atoms with Gasteiger partial charge in [0.1, 0.15) is 11.2 Å². The fourth-order valence-electron chi connectivity index (χ4n) is 1.75. The van der Waals surface area contributed by atoms with Crippen LogP contribution in [-0.4, -0.2) is 12.6 Å². The maximum absolute atomic E-state index is 11.9. The van der Waals surface area contributed by atoms with Gasteiger partial charge in [0.2, 0.25) is 0 Å². The number of hydrogen-bond donors (Lipinski definition) is 2. The molecule has 0 aliphatic rings. The molecule has 0 aromatic heterocycles. The number of carbonyl (C=O) groups is 1. The fraction of sp³-hybridized carbons (Fsp3) is 0.125. The highest BCUT2D eigenvalue weighted by Crippen LogP contribution is 2.19. The van der Waals surface area contributed by atoms with Crippen molar-refractivity contribution in [3.05, 3.63) is 48.5 Å². The van der Waals surface area contributed by atoms with Gasteiger partial charge in [0.15, 0.2) is 0 Å². The van der Waals surface area contributed by atoms with Gasteiger partial charge in [-0.3, -0.25) is 0 Å². The van der Waals surface area contributed by atoms with Crippen LogP contribution in [0.3, 0.4) is 0 Å². The lowest BCUT2D eigenvalue weighted by Gasteiger charge is -2.09. The Morgan fingerprint density at radius 3 is 2.14 bits per heavy atom. The van der Waals surface area contributed by atoms with E-state index in [1.54, 1.807) is 48.5 Å². The van der Waals surface area contributed by atoms with E-state index >= 15 is 0 Å². The Bertz CT molecular complexity index is 663. The second-order valence-corrected chi connectivity index (χ2v) is 5.11. The minimum absolute atomic E-state index is 0.329. The Hall–Kier alpha value is -2.65. The van der Waals surface area contributed by atoms with Crippen molar-refractivity contribution in [2.75, 3.05) is 17.2 Å². The maximum Gasteiger partial charge on any atom is 0.323 e. The van der Waals surface area contributed by atoms with Crippen molar-refractivity contribution in [2.45, 2.75) is 11.8 Å². The SMILES string of the molecule is CCOc1ccc(NC(=O)Nc2ccc(SC#N)cc2)cc1. The van der Waals surface area contributed by atoms with Gasteiger partial charge in [0.25, 0.3) is 0 Å². The van der Waals surface area contributed by atoms with Gasteiger partial charge in [-0.2, -0.15) is 5.26 Å². The van der Waals surface area contributed by atoms with Crippen molar-refractivity contribution >= 4 is 29.2 Å². The van der Waals surface area contributed by atoms with E-state index in [9.17, 15) is 4.79 Å². The first kappa shape index (κ1) is 15.7. The molecule has 2 rings (SSSR count). The standard InChI is InChI=1S/C16H15N3O2S/c1-2-21-14-7-3-12(4-8-14)18-16(20)19-13-5-9-15(10-6-13)22-11-17/h3-10H,2H2,1H3,(H2,18,19,20). The summed E-state index contributed by atoms with van der Waals surface area (Å²) in [5.74, 6) is 0.763. The molecule has 0 heterocycles. The predicted octanol–water partition coefficient (Wildman–Crippen LogP) is 4.30. The zero-order valence-corrected chi connectivity index (χ0v) is 12.8. The number of thiocyanates is 1. The zero-order chi connectivity index (χ0) is 15.8. The Kier molecular flexibility index (Phi) is 5.69. The maximum atomic E-state index is 11.9. The summed E-state index contributed by atoms with van der Waals surface area (Å²) < 4.78 is 5.34.